The number of halogens is 1. The van der Waals surface area contributed by atoms with Crippen LogP contribution >= 0.6 is 11.6 Å². The zero-order valence-electron chi connectivity index (χ0n) is 9.90. The highest BCUT2D eigenvalue weighted by Crippen LogP contribution is 2.21. The second kappa shape index (κ2) is 5.23. The van der Waals surface area contributed by atoms with Gasteiger partial charge in [-0.1, -0.05) is 17.2 Å². The number of hydrazone groups is 1. The van der Waals surface area contributed by atoms with Gasteiger partial charge in [-0.25, -0.2) is 5.43 Å². The minimum Gasteiger partial charge on any atom is -0.507 e. The Labute approximate surface area is 110 Å². The van der Waals surface area contributed by atoms with Crippen LogP contribution in [-0.4, -0.2) is 16.7 Å². The van der Waals surface area contributed by atoms with Crippen molar-refractivity contribution in [1.82, 2.24) is 5.43 Å². The van der Waals surface area contributed by atoms with Crippen molar-refractivity contribution in [1.29, 1.82) is 0 Å². The molecule has 1 aromatic rings. The molecule has 0 atom stereocenters. The third kappa shape index (κ3) is 2.90. The molecular formula is C13H13ClN2O2. The molecule has 0 radical (unpaired) electrons. The molecule has 0 heterocycles. The van der Waals surface area contributed by atoms with Crippen molar-refractivity contribution in [2.75, 3.05) is 0 Å². The molecule has 0 saturated heterocycles. The summed E-state index contributed by atoms with van der Waals surface area (Å²) in [7, 11) is 0. The number of nitrogens with one attached hydrogen (secondary N) is 1. The Morgan fingerprint density at radius 1 is 1.44 bits per heavy atom. The van der Waals surface area contributed by atoms with Crippen molar-refractivity contribution in [2.24, 2.45) is 5.10 Å². The van der Waals surface area contributed by atoms with Crippen LogP contribution in [0.15, 0.2) is 34.9 Å². The summed E-state index contributed by atoms with van der Waals surface area (Å²) in [5.74, 6) is -0.587. The topological polar surface area (TPSA) is 61.7 Å². The summed E-state index contributed by atoms with van der Waals surface area (Å²) >= 11 is 5.77. The molecule has 0 aliphatic heterocycles. The maximum absolute atomic E-state index is 11.8. The summed E-state index contributed by atoms with van der Waals surface area (Å²) in [4.78, 5) is 11.8. The van der Waals surface area contributed by atoms with Crippen molar-refractivity contribution in [2.45, 2.75) is 19.8 Å². The zero-order chi connectivity index (χ0) is 13.1. The molecule has 0 fully saturated rings. The quantitative estimate of drug-likeness (QED) is 0.807. The van der Waals surface area contributed by atoms with E-state index < -0.39 is 5.91 Å². The standard InChI is InChI=1S/C13H13ClN2O2/c1-8-2-4-10(6-8)15-16-13(18)11-7-9(14)3-5-12(11)17/h3,5-7,17H,2,4H2,1H3,(H,16,18)/b15-10+. The van der Waals surface area contributed by atoms with Crippen molar-refractivity contribution in [3.8, 4) is 5.75 Å². The average molecular weight is 265 g/mol. The number of amides is 1. The van der Waals surface area contributed by atoms with Gasteiger partial charge in [-0.05, 0) is 44.0 Å². The summed E-state index contributed by atoms with van der Waals surface area (Å²) in [5.41, 5.74) is 4.61. The number of rotatable bonds is 2. The number of phenolic OH excluding ortho intramolecular Hbond substituents is 1. The van der Waals surface area contributed by atoms with Gasteiger partial charge in [-0.15, -0.1) is 0 Å². The Morgan fingerprint density at radius 3 is 2.89 bits per heavy atom. The van der Waals surface area contributed by atoms with Crippen LogP contribution in [-0.2, 0) is 0 Å². The number of carbonyl (C=O) groups is 1. The van der Waals surface area contributed by atoms with E-state index >= 15 is 0 Å². The number of hydrogen-bond donors (Lipinski definition) is 2. The van der Waals surface area contributed by atoms with Crippen LogP contribution in [0.1, 0.15) is 30.1 Å². The molecule has 2 N–H and O–H groups in total. The van der Waals surface area contributed by atoms with E-state index in [9.17, 15) is 9.90 Å². The Balaban J connectivity index is 2.11. The van der Waals surface area contributed by atoms with E-state index in [4.69, 9.17) is 11.6 Å². The minimum absolute atomic E-state index is 0.116. The van der Waals surface area contributed by atoms with Gasteiger partial charge in [0.05, 0.1) is 11.3 Å². The lowest BCUT2D eigenvalue weighted by Crippen LogP contribution is -2.19. The maximum Gasteiger partial charge on any atom is 0.275 e. The number of carbonyl (C=O) groups excluding carboxylic acids is 1. The Bertz CT molecular complexity index is 550. The molecule has 0 bridgehead atoms. The van der Waals surface area contributed by atoms with Crippen LogP contribution in [0.25, 0.3) is 0 Å². The van der Waals surface area contributed by atoms with Crippen LogP contribution in [0.5, 0.6) is 5.75 Å². The van der Waals surface area contributed by atoms with E-state index in [-0.39, 0.29) is 11.3 Å². The minimum atomic E-state index is -0.472. The SMILES string of the molecule is CC1=C/C(=N/NC(=O)c2cc(Cl)ccc2O)CC1. The van der Waals surface area contributed by atoms with Gasteiger partial charge in [-0.3, -0.25) is 4.79 Å². The first kappa shape index (κ1) is 12.6. The number of aromatic hydroxyl groups is 1. The number of nitrogens with zero attached hydrogens (tertiary/aromatic N) is 1. The van der Waals surface area contributed by atoms with Gasteiger partial charge < -0.3 is 5.11 Å². The van der Waals surface area contributed by atoms with Gasteiger partial charge >= 0.3 is 0 Å². The first-order chi connectivity index (χ1) is 8.56. The van der Waals surface area contributed by atoms with Gasteiger partial charge in [0.25, 0.3) is 5.91 Å². The lowest BCUT2D eigenvalue weighted by Gasteiger charge is -2.03. The number of hydrogen-bond acceptors (Lipinski definition) is 3. The molecule has 94 valence electrons. The van der Waals surface area contributed by atoms with Gasteiger partial charge in [0.1, 0.15) is 5.75 Å². The molecule has 1 amide bonds. The van der Waals surface area contributed by atoms with Crippen molar-refractivity contribution in [3.63, 3.8) is 0 Å². The van der Waals surface area contributed by atoms with E-state index in [1.54, 1.807) is 0 Å². The lowest BCUT2D eigenvalue weighted by atomic mass is 10.2. The summed E-state index contributed by atoms with van der Waals surface area (Å²) in [6.07, 6.45) is 3.74. The van der Waals surface area contributed by atoms with Crippen LogP contribution in [0.2, 0.25) is 5.02 Å². The highest BCUT2D eigenvalue weighted by atomic mass is 35.5. The summed E-state index contributed by atoms with van der Waals surface area (Å²) in [6.45, 7) is 2.02. The summed E-state index contributed by atoms with van der Waals surface area (Å²) in [5, 5.41) is 14.0. The molecule has 5 heteroatoms. The summed E-state index contributed by atoms with van der Waals surface area (Å²) < 4.78 is 0. The van der Waals surface area contributed by atoms with Gasteiger partial charge in [0.2, 0.25) is 0 Å². The molecule has 0 aromatic heterocycles. The van der Waals surface area contributed by atoms with Crippen molar-refractivity contribution in [3.05, 3.63) is 40.4 Å². The highest BCUT2D eigenvalue weighted by molar-refractivity contribution is 6.31. The van der Waals surface area contributed by atoms with E-state index in [1.807, 2.05) is 13.0 Å². The third-order valence-corrected chi connectivity index (χ3v) is 2.93. The Morgan fingerprint density at radius 2 is 2.22 bits per heavy atom. The lowest BCUT2D eigenvalue weighted by molar-refractivity contribution is 0.0952. The Hall–Kier alpha value is -1.81. The van der Waals surface area contributed by atoms with E-state index in [1.165, 1.54) is 23.8 Å². The van der Waals surface area contributed by atoms with E-state index in [2.05, 4.69) is 10.5 Å². The van der Waals surface area contributed by atoms with Gasteiger partial charge in [0.15, 0.2) is 0 Å². The second-order valence-corrected chi connectivity index (χ2v) is 4.63. The second-order valence-electron chi connectivity index (χ2n) is 4.20. The normalized spacial score (nSPS) is 16.8. The van der Waals surface area contributed by atoms with Crippen LogP contribution in [0.3, 0.4) is 0 Å². The molecule has 1 aromatic carbocycles. The van der Waals surface area contributed by atoms with Gasteiger partial charge in [0, 0.05) is 5.02 Å². The fourth-order valence-electron chi connectivity index (χ4n) is 1.72. The predicted octanol–water partition coefficient (Wildman–Crippen LogP) is 2.87. The molecule has 0 saturated carbocycles. The van der Waals surface area contributed by atoms with E-state index in [0.717, 1.165) is 18.6 Å². The van der Waals surface area contributed by atoms with Crippen LogP contribution in [0, 0.1) is 0 Å². The Kier molecular flexibility index (Phi) is 3.67. The summed E-state index contributed by atoms with van der Waals surface area (Å²) in [6, 6.07) is 4.30. The zero-order valence-corrected chi connectivity index (χ0v) is 10.7. The van der Waals surface area contributed by atoms with Gasteiger partial charge in [-0.2, -0.15) is 5.10 Å². The van der Waals surface area contributed by atoms with Crippen molar-refractivity contribution >= 4 is 23.2 Å². The van der Waals surface area contributed by atoms with Crippen molar-refractivity contribution < 1.29 is 9.90 Å². The molecule has 1 aliphatic rings. The molecule has 0 spiro atoms. The maximum atomic E-state index is 11.8. The highest BCUT2D eigenvalue weighted by Gasteiger charge is 2.12. The molecular weight excluding hydrogens is 252 g/mol. The van der Waals surface area contributed by atoms with E-state index in [0.29, 0.717) is 5.02 Å². The monoisotopic (exact) mass is 264 g/mol. The van der Waals surface area contributed by atoms with Crippen LogP contribution < -0.4 is 5.43 Å². The molecule has 0 unspecified atom stereocenters. The fraction of sp³-hybridized carbons (Fsp3) is 0.231. The number of benzene rings is 1. The van der Waals surface area contributed by atoms with Crippen LogP contribution in [0.4, 0.5) is 0 Å². The predicted molar refractivity (Wildman–Crippen MR) is 71.0 cm³/mol. The first-order valence-electron chi connectivity index (χ1n) is 5.59. The number of phenols is 1. The third-order valence-electron chi connectivity index (χ3n) is 2.69. The molecule has 18 heavy (non-hydrogen) atoms. The number of allylic oxidation sites excluding steroid dienone is 2. The molecule has 1 aliphatic carbocycles. The smallest absolute Gasteiger partial charge is 0.275 e. The first-order valence-corrected chi connectivity index (χ1v) is 5.96. The largest absolute Gasteiger partial charge is 0.507 e. The molecule has 4 nitrogen and oxygen atoms in total. The fourth-order valence-corrected chi connectivity index (χ4v) is 1.89. The average Bonchev–Trinajstić information content (AvgIpc) is 2.75. The molecule has 2 rings (SSSR count).